The van der Waals surface area contributed by atoms with Crippen LogP contribution < -0.4 is 16.1 Å². The maximum atomic E-state index is 12.7. The summed E-state index contributed by atoms with van der Waals surface area (Å²) in [6.45, 7) is 2.20. The zero-order chi connectivity index (χ0) is 16.7. The van der Waals surface area contributed by atoms with Crippen molar-refractivity contribution in [1.29, 1.82) is 0 Å². The summed E-state index contributed by atoms with van der Waals surface area (Å²) in [5.74, 6) is 7.18. The highest BCUT2D eigenvalue weighted by molar-refractivity contribution is 7.18. The first-order valence-corrected chi connectivity index (χ1v) is 8.96. The van der Waals surface area contributed by atoms with E-state index in [9.17, 15) is 4.79 Å². The Morgan fingerprint density at radius 2 is 2.00 bits per heavy atom. The van der Waals surface area contributed by atoms with E-state index in [0.717, 1.165) is 40.1 Å². The molecule has 5 nitrogen and oxygen atoms in total. The molecule has 124 valence electrons. The topological polar surface area (TPSA) is 70.1 Å². The van der Waals surface area contributed by atoms with Crippen LogP contribution in [-0.4, -0.2) is 9.66 Å². The number of thiophene rings is 1. The first-order chi connectivity index (χ1) is 11.6. The third-order valence-electron chi connectivity index (χ3n) is 4.48. The minimum absolute atomic E-state index is 0.165. The van der Waals surface area contributed by atoms with Gasteiger partial charge in [0.15, 0.2) is 5.82 Å². The molecule has 0 saturated heterocycles. The van der Waals surface area contributed by atoms with E-state index in [0.29, 0.717) is 11.2 Å². The van der Waals surface area contributed by atoms with E-state index in [4.69, 9.17) is 10.6 Å². The molecule has 4 rings (SSSR count). The highest BCUT2D eigenvalue weighted by atomic mass is 32.1. The Balaban J connectivity index is 1.70. The van der Waals surface area contributed by atoms with Crippen molar-refractivity contribution in [2.24, 2.45) is 0 Å². The van der Waals surface area contributed by atoms with E-state index in [1.54, 1.807) is 11.3 Å². The minimum Gasteiger partial charge on any atom is -0.486 e. The Bertz CT molecular complexity index is 957. The molecular formula is C18H19N3O2S. The van der Waals surface area contributed by atoms with Gasteiger partial charge in [0.2, 0.25) is 0 Å². The SMILES string of the molecule is Cc1ccc(OCc2nc3sc4c(c3c(=O)n2N)CCCC4)cc1. The Kier molecular flexibility index (Phi) is 3.76. The molecule has 2 N–H and O–H groups in total. The van der Waals surface area contributed by atoms with Gasteiger partial charge in [-0.1, -0.05) is 17.7 Å². The van der Waals surface area contributed by atoms with Crippen molar-refractivity contribution >= 4 is 21.6 Å². The van der Waals surface area contributed by atoms with E-state index in [1.807, 2.05) is 31.2 Å². The van der Waals surface area contributed by atoms with Gasteiger partial charge in [0.25, 0.3) is 5.56 Å². The fourth-order valence-electron chi connectivity index (χ4n) is 3.14. The molecule has 1 aromatic carbocycles. The highest BCUT2D eigenvalue weighted by Crippen LogP contribution is 2.33. The molecule has 0 unspecified atom stereocenters. The van der Waals surface area contributed by atoms with Gasteiger partial charge >= 0.3 is 0 Å². The van der Waals surface area contributed by atoms with Gasteiger partial charge in [-0.2, -0.15) is 0 Å². The quantitative estimate of drug-likeness (QED) is 0.744. The van der Waals surface area contributed by atoms with Gasteiger partial charge in [-0.05, 0) is 50.3 Å². The summed E-state index contributed by atoms with van der Waals surface area (Å²) in [6.07, 6.45) is 4.29. The van der Waals surface area contributed by atoms with Crippen molar-refractivity contribution in [3.63, 3.8) is 0 Å². The van der Waals surface area contributed by atoms with Crippen LogP contribution >= 0.6 is 11.3 Å². The lowest BCUT2D eigenvalue weighted by Gasteiger charge is -2.11. The standard InChI is InChI=1S/C18H19N3O2S/c1-11-6-8-12(9-7-11)23-10-15-20-17-16(18(22)21(15)19)13-4-2-3-5-14(13)24-17/h6-9H,2-5,10,19H2,1H3. The molecule has 0 aliphatic heterocycles. The summed E-state index contributed by atoms with van der Waals surface area (Å²) in [5, 5.41) is 0.705. The van der Waals surface area contributed by atoms with Gasteiger partial charge in [0, 0.05) is 4.88 Å². The minimum atomic E-state index is -0.165. The summed E-state index contributed by atoms with van der Waals surface area (Å²) < 4.78 is 6.87. The zero-order valence-corrected chi connectivity index (χ0v) is 14.4. The van der Waals surface area contributed by atoms with Gasteiger partial charge in [-0.3, -0.25) is 4.79 Å². The second kappa shape index (κ2) is 5.94. The lowest BCUT2D eigenvalue weighted by molar-refractivity contribution is 0.291. The van der Waals surface area contributed by atoms with Crippen molar-refractivity contribution in [3.05, 3.63) is 56.4 Å². The van der Waals surface area contributed by atoms with Crippen molar-refractivity contribution < 1.29 is 4.74 Å². The maximum Gasteiger partial charge on any atom is 0.281 e. The number of hydrogen-bond acceptors (Lipinski definition) is 5. The smallest absolute Gasteiger partial charge is 0.281 e. The number of nitrogen functional groups attached to an aromatic ring is 1. The van der Waals surface area contributed by atoms with E-state index in [-0.39, 0.29) is 12.2 Å². The van der Waals surface area contributed by atoms with E-state index >= 15 is 0 Å². The number of aromatic nitrogens is 2. The molecule has 2 aromatic heterocycles. The molecule has 6 heteroatoms. The summed E-state index contributed by atoms with van der Waals surface area (Å²) in [4.78, 5) is 19.4. The van der Waals surface area contributed by atoms with Crippen molar-refractivity contribution in [2.75, 3.05) is 5.84 Å². The lowest BCUT2D eigenvalue weighted by atomic mass is 9.97. The van der Waals surface area contributed by atoms with E-state index in [2.05, 4.69) is 4.98 Å². The monoisotopic (exact) mass is 341 g/mol. The second-order valence-electron chi connectivity index (χ2n) is 6.20. The average molecular weight is 341 g/mol. The van der Waals surface area contributed by atoms with Crippen molar-refractivity contribution in [2.45, 2.75) is 39.2 Å². The van der Waals surface area contributed by atoms with Gasteiger partial charge in [0.1, 0.15) is 17.2 Å². The Labute approximate surface area is 143 Å². The van der Waals surface area contributed by atoms with Gasteiger partial charge < -0.3 is 10.6 Å². The van der Waals surface area contributed by atoms with Crippen LogP contribution in [0.25, 0.3) is 10.2 Å². The number of hydrogen-bond donors (Lipinski definition) is 1. The normalized spacial score (nSPS) is 13.9. The fraction of sp³-hybridized carbons (Fsp3) is 0.333. The maximum absolute atomic E-state index is 12.7. The third-order valence-corrected chi connectivity index (χ3v) is 5.67. The molecule has 3 aromatic rings. The number of nitrogens with zero attached hydrogens (tertiary/aromatic N) is 2. The van der Waals surface area contributed by atoms with Gasteiger partial charge in [-0.25, -0.2) is 9.66 Å². The number of fused-ring (bicyclic) bond motifs is 3. The zero-order valence-electron chi connectivity index (χ0n) is 13.5. The Morgan fingerprint density at radius 3 is 2.79 bits per heavy atom. The fourth-order valence-corrected chi connectivity index (χ4v) is 4.41. The summed E-state index contributed by atoms with van der Waals surface area (Å²) in [6, 6.07) is 7.76. The van der Waals surface area contributed by atoms with Crippen LogP contribution in [0.2, 0.25) is 0 Å². The van der Waals surface area contributed by atoms with Crippen LogP contribution in [0.5, 0.6) is 5.75 Å². The molecule has 0 fully saturated rings. The van der Waals surface area contributed by atoms with Crippen LogP contribution in [0.4, 0.5) is 0 Å². The predicted octanol–water partition coefficient (Wildman–Crippen LogP) is 2.94. The first-order valence-electron chi connectivity index (χ1n) is 8.14. The first kappa shape index (κ1) is 15.2. The van der Waals surface area contributed by atoms with Crippen molar-refractivity contribution in [3.8, 4) is 5.75 Å². The van der Waals surface area contributed by atoms with Crippen LogP contribution in [0, 0.1) is 6.92 Å². The molecule has 0 atom stereocenters. The molecular weight excluding hydrogens is 322 g/mol. The number of nitrogens with two attached hydrogens (primary N) is 1. The van der Waals surface area contributed by atoms with E-state index in [1.165, 1.54) is 16.9 Å². The molecule has 0 spiro atoms. The average Bonchev–Trinajstić information content (AvgIpc) is 2.96. The molecule has 1 aliphatic rings. The molecule has 2 heterocycles. The summed E-state index contributed by atoms with van der Waals surface area (Å²) >= 11 is 1.62. The van der Waals surface area contributed by atoms with Crippen LogP contribution in [-0.2, 0) is 19.4 Å². The number of aryl methyl sites for hydroxylation is 3. The van der Waals surface area contributed by atoms with Crippen LogP contribution in [0.1, 0.15) is 34.7 Å². The van der Waals surface area contributed by atoms with E-state index < -0.39 is 0 Å². The summed E-state index contributed by atoms with van der Waals surface area (Å²) in [5.41, 5.74) is 2.16. The Morgan fingerprint density at radius 1 is 1.25 bits per heavy atom. The van der Waals surface area contributed by atoms with Gasteiger partial charge in [0.05, 0.1) is 5.39 Å². The van der Waals surface area contributed by atoms with Crippen LogP contribution in [0.15, 0.2) is 29.1 Å². The number of rotatable bonds is 3. The number of benzene rings is 1. The predicted molar refractivity (Wildman–Crippen MR) is 96.2 cm³/mol. The molecule has 0 radical (unpaired) electrons. The molecule has 1 aliphatic carbocycles. The van der Waals surface area contributed by atoms with Crippen LogP contribution in [0.3, 0.4) is 0 Å². The molecule has 0 bridgehead atoms. The highest BCUT2D eigenvalue weighted by Gasteiger charge is 2.21. The third kappa shape index (κ3) is 2.57. The number of ether oxygens (including phenoxy) is 1. The lowest BCUT2D eigenvalue weighted by Crippen LogP contribution is -2.32. The summed E-state index contributed by atoms with van der Waals surface area (Å²) in [7, 11) is 0. The molecule has 0 saturated carbocycles. The molecule has 24 heavy (non-hydrogen) atoms. The largest absolute Gasteiger partial charge is 0.486 e. The molecule has 0 amide bonds. The van der Waals surface area contributed by atoms with Gasteiger partial charge in [-0.15, -0.1) is 11.3 Å². The second-order valence-corrected chi connectivity index (χ2v) is 7.28. The Hall–Kier alpha value is -2.34. The van der Waals surface area contributed by atoms with Crippen molar-refractivity contribution in [1.82, 2.24) is 9.66 Å².